The number of rotatable bonds is 5. The number of pyridine rings is 1. The topological polar surface area (TPSA) is 28.2 Å². The lowest BCUT2D eigenvalue weighted by Gasteiger charge is -2.36. The molecule has 0 radical (unpaired) electrons. The molecule has 2 heterocycles. The van der Waals surface area contributed by atoms with Gasteiger partial charge in [0.05, 0.1) is 10.0 Å². The van der Waals surface area contributed by atoms with E-state index in [-0.39, 0.29) is 6.04 Å². The molecule has 1 aliphatic rings. The summed E-state index contributed by atoms with van der Waals surface area (Å²) in [4.78, 5) is 6.48. The Bertz CT molecular complexity index is 473. The van der Waals surface area contributed by atoms with Crippen molar-refractivity contribution < 1.29 is 0 Å². The maximum Gasteiger partial charge on any atom is 0.148 e. The largest absolute Gasteiger partial charge is 0.314 e. The van der Waals surface area contributed by atoms with Crippen molar-refractivity contribution in [2.45, 2.75) is 32.7 Å². The lowest BCUT2D eigenvalue weighted by atomic mass is 9.96. The molecule has 1 fully saturated rings. The van der Waals surface area contributed by atoms with Crippen LogP contribution in [-0.2, 0) is 0 Å². The molecule has 1 aromatic heterocycles. The Morgan fingerprint density at radius 3 is 2.48 bits per heavy atom. The van der Waals surface area contributed by atoms with Crippen LogP contribution in [0.25, 0.3) is 0 Å². The monoisotopic (exact) mass is 349 g/mol. The van der Waals surface area contributed by atoms with E-state index < -0.39 is 0 Å². The molecular weight excluding hydrogens is 329 g/mol. The Morgan fingerprint density at radius 2 is 1.86 bits per heavy atom. The third kappa shape index (κ3) is 4.46. The number of nitrogens with zero attached hydrogens (tertiary/aromatic N) is 2. The molecule has 1 N–H and O–H groups in total. The van der Waals surface area contributed by atoms with Crippen LogP contribution in [-0.4, -0.2) is 36.1 Å². The summed E-state index contributed by atoms with van der Waals surface area (Å²) in [6.07, 6.45) is 3.76. The van der Waals surface area contributed by atoms with Gasteiger partial charge in [-0.3, -0.25) is 4.90 Å². The number of hydrogen-bond acceptors (Lipinski definition) is 3. The second-order valence-electron chi connectivity index (χ2n) is 5.90. The van der Waals surface area contributed by atoms with Crippen molar-refractivity contribution in [2.75, 3.05) is 26.2 Å². The first-order valence-electron chi connectivity index (χ1n) is 7.45. The molecule has 0 spiro atoms. The zero-order valence-corrected chi connectivity index (χ0v) is 14.8. The first-order valence-corrected chi connectivity index (χ1v) is 8.58. The van der Waals surface area contributed by atoms with Gasteiger partial charge >= 0.3 is 0 Å². The lowest BCUT2D eigenvalue weighted by molar-refractivity contribution is 0.160. The molecule has 21 heavy (non-hydrogen) atoms. The van der Waals surface area contributed by atoms with Crippen molar-refractivity contribution in [3.05, 3.63) is 27.0 Å². The molecule has 0 amide bonds. The van der Waals surface area contributed by atoms with E-state index in [1.165, 1.54) is 0 Å². The standard InChI is InChI=1S/C15H22Cl3N3/c1-10(2)3-4-12(21-7-5-19-6-8-21)13-11(16)9-20-15(18)14(13)17/h9-10,12,19H,3-8H2,1-2H3/t12-/m1/s1. The SMILES string of the molecule is CC(C)CC[C@H](c1c(Cl)cnc(Cl)c1Cl)N1CCNCC1. The Kier molecular flexibility index (Phi) is 6.57. The van der Waals surface area contributed by atoms with E-state index in [2.05, 4.69) is 29.0 Å². The van der Waals surface area contributed by atoms with E-state index in [1.807, 2.05) is 0 Å². The van der Waals surface area contributed by atoms with Crippen LogP contribution in [0.15, 0.2) is 6.20 Å². The first-order chi connectivity index (χ1) is 10.0. The predicted octanol–water partition coefficient (Wildman–Crippen LogP) is 4.42. The van der Waals surface area contributed by atoms with E-state index in [9.17, 15) is 0 Å². The van der Waals surface area contributed by atoms with Crippen molar-refractivity contribution in [3.63, 3.8) is 0 Å². The summed E-state index contributed by atoms with van der Waals surface area (Å²) < 4.78 is 0. The van der Waals surface area contributed by atoms with Crippen LogP contribution in [0.4, 0.5) is 0 Å². The zero-order chi connectivity index (χ0) is 15.4. The van der Waals surface area contributed by atoms with Crippen LogP contribution in [0.2, 0.25) is 15.2 Å². The Hall–Kier alpha value is -0.0600. The Labute approximate surface area is 142 Å². The van der Waals surface area contributed by atoms with Crippen molar-refractivity contribution in [3.8, 4) is 0 Å². The summed E-state index contributed by atoms with van der Waals surface area (Å²) in [5.74, 6) is 0.644. The highest BCUT2D eigenvalue weighted by Crippen LogP contribution is 2.39. The van der Waals surface area contributed by atoms with Crippen molar-refractivity contribution in [1.29, 1.82) is 0 Å². The fraction of sp³-hybridized carbons (Fsp3) is 0.667. The number of hydrogen-bond donors (Lipinski definition) is 1. The number of halogens is 3. The molecule has 0 aliphatic carbocycles. The van der Waals surface area contributed by atoms with Gasteiger partial charge in [-0.15, -0.1) is 0 Å². The average molecular weight is 351 g/mol. The molecule has 118 valence electrons. The molecule has 0 aromatic carbocycles. The van der Waals surface area contributed by atoms with Gasteiger partial charge in [0, 0.05) is 44.0 Å². The summed E-state index contributed by atoms with van der Waals surface area (Å²) in [6.45, 7) is 8.44. The quantitative estimate of drug-likeness (QED) is 0.797. The number of aromatic nitrogens is 1. The van der Waals surface area contributed by atoms with E-state index in [1.54, 1.807) is 6.20 Å². The number of nitrogens with one attached hydrogen (secondary N) is 1. The summed E-state index contributed by atoms with van der Waals surface area (Å²) in [5.41, 5.74) is 0.931. The fourth-order valence-corrected chi connectivity index (χ4v) is 3.50. The van der Waals surface area contributed by atoms with E-state index >= 15 is 0 Å². The Balaban J connectivity index is 2.31. The predicted molar refractivity (Wildman–Crippen MR) is 90.5 cm³/mol. The van der Waals surface area contributed by atoms with E-state index in [4.69, 9.17) is 34.8 Å². The normalized spacial score (nSPS) is 18.2. The third-order valence-electron chi connectivity index (χ3n) is 3.91. The van der Waals surface area contributed by atoms with Gasteiger partial charge in [0.1, 0.15) is 5.15 Å². The van der Waals surface area contributed by atoms with Crippen LogP contribution in [0, 0.1) is 5.92 Å². The minimum absolute atomic E-state index is 0.204. The molecule has 0 saturated carbocycles. The molecule has 1 atom stereocenters. The average Bonchev–Trinajstić information content (AvgIpc) is 2.47. The van der Waals surface area contributed by atoms with Gasteiger partial charge in [-0.2, -0.15) is 0 Å². The third-order valence-corrected chi connectivity index (χ3v) is 4.98. The summed E-state index contributed by atoms with van der Waals surface area (Å²) in [6, 6.07) is 0.204. The van der Waals surface area contributed by atoms with Crippen LogP contribution < -0.4 is 5.32 Å². The maximum absolute atomic E-state index is 6.41. The van der Waals surface area contributed by atoms with Crippen molar-refractivity contribution >= 4 is 34.8 Å². The lowest BCUT2D eigenvalue weighted by Crippen LogP contribution is -2.45. The minimum atomic E-state index is 0.204. The molecule has 1 saturated heterocycles. The van der Waals surface area contributed by atoms with Crippen molar-refractivity contribution in [1.82, 2.24) is 15.2 Å². The highest BCUT2D eigenvalue weighted by atomic mass is 35.5. The van der Waals surface area contributed by atoms with Gasteiger partial charge in [0.25, 0.3) is 0 Å². The minimum Gasteiger partial charge on any atom is -0.314 e. The van der Waals surface area contributed by atoms with Gasteiger partial charge in [0.15, 0.2) is 0 Å². The fourth-order valence-electron chi connectivity index (χ4n) is 2.76. The maximum atomic E-state index is 6.41. The second-order valence-corrected chi connectivity index (χ2v) is 7.04. The Morgan fingerprint density at radius 1 is 1.19 bits per heavy atom. The summed E-state index contributed by atoms with van der Waals surface area (Å²) >= 11 is 18.9. The molecule has 6 heteroatoms. The van der Waals surface area contributed by atoms with Crippen LogP contribution in [0.5, 0.6) is 0 Å². The number of piperazine rings is 1. The molecule has 1 aromatic rings. The summed E-state index contributed by atoms with van der Waals surface area (Å²) in [5, 5.41) is 4.82. The first kappa shape index (κ1) is 17.3. The molecule has 2 rings (SSSR count). The molecule has 0 bridgehead atoms. The molecule has 0 unspecified atom stereocenters. The van der Waals surface area contributed by atoms with E-state index in [0.717, 1.165) is 44.6 Å². The second kappa shape index (κ2) is 7.98. The van der Waals surface area contributed by atoms with Crippen molar-refractivity contribution in [2.24, 2.45) is 5.92 Å². The van der Waals surface area contributed by atoms with Gasteiger partial charge < -0.3 is 5.32 Å². The highest BCUT2D eigenvalue weighted by molar-refractivity contribution is 6.43. The summed E-state index contributed by atoms with van der Waals surface area (Å²) in [7, 11) is 0. The van der Waals surface area contributed by atoms with Gasteiger partial charge in [0.2, 0.25) is 0 Å². The smallest absolute Gasteiger partial charge is 0.148 e. The van der Waals surface area contributed by atoms with Gasteiger partial charge in [-0.05, 0) is 18.8 Å². The van der Waals surface area contributed by atoms with Gasteiger partial charge in [-0.25, -0.2) is 4.98 Å². The van der Waals surface area contributed by atoms with Crippen LogP contribution in [0.1, 0.15) is 38.3 Å². The molecule has 3 nitrogen and oxygen atoms in total. The highest BCUT2D eigenvalue weighted by Gasteiger charge is 2.27. The zero-order valence-electron chi connectivity index (χ0n) is 12.5. The van der Waals surface area contributed by atoms with Gasteiger partial charge in [-0.1, -0.05) is 48.7 Å². The van der Waals surface area contributed by atoms with Crippen LogP contribution >= 0.6 is 34.8 Å². The molecule has 1 aliphatic heterocycles. The van der Waals surface area contributed by atoms with Crippen LogP contribution in [0.3, 0.4) is 0 Å². The van der Waals surface area contributed by atoms with E-state index in [0.29, 0.717) is 21.1 Å². The molecular formula is C15H22Cl3N3.